The number of likely N-dealkylation sites (tertiary alicyclic amines) is 1. The lowest BCUT2D eigenvalue weighted by Crippen LogP contribution is -2.47. The van der Waals surface area contributed by atoms with Crippen molar-refractivity contribution in [2.75, 3.05) is 25.5 Å². The number of nitrogens with one attached hydrogen (secondary N) is 2. The number of benzene rings is 1. The zero-order valence-corrected chi connectivity index (χ0v) is 17.9. The van der Waals surface area contributed by atoms with E-state index in [1.54, 1.807) is 25.4 Å². The quantitative estimate of drug-likeness (QED) is 0.737. The fourth-order valence-corrected chi connectivity index (χ4v) is 3.67. The maximum Gasteiger partial charge on any atom is 0.319 e. The number of methoxy groups -OCH3 is 1. The molecule has 0 atom stereocenters. The van der Waals surface area contributed by atoms with E-state index >= 15 is 0 Å². The molecule has 0 unspecified atom stereocenters. The van der Waals surface area contributed by atoms with Crippen LogP contribution in [0.4, 0.5) is 10.5 Å². The van der Waals surface area contributed by atoms with Crippen molar-refractivity contribution in [2.24, 2.45) is 5.92 Å². The normalized spacial score (nSPS) is 16.5. The van der Waals surface area contributed by atoms with Crippen LogP contribution in [0.1, 0.15) is 31.2 Å². The Hall–Kier alpha value is -3.29. The van der Waals surface area contributed by atoms with Crippen LogP contribution in [0.25, 0.3) is 0 Å². The molecule has 1 saturated carbocycles. The molecule has 2 heterocycles. The van der Waals surface area contributed by atoms with E-state index in [0.29, 0.717) is 36.2 Å². The van der Waals surface area contributed by atoms with E-state index < -0.39 is 0 Å². The molecule has 1 aromatic carbocycles. The van der Waals surface area contributed by atoms with E-state index in [-0.39, 0.29) is 23.9 Å². The molecule has 1 saturated heterocycles. The van der Waals surface area contributed by atoms with Crippen molar-refractivity contribution in [1.82, 2.24) is 15.2 Å². The SMILES string of the molecule is COc1cc(C)ccc1Oc1ccc(NC(=O)NC2CCN(C(=O)C3CC3)CC2)cn1. The maximum absolute atomic E-state index is 12.3. The van der Waals surface area contributed by atoms with E-state index in [4.69, 9.17) is 9.47 Å². The molecule has 2 aromatic rings. The Bertz CT molecular complexity index is 935. The molecular weight excluding hydrogens is 396 g/mol. The van der Waals surface area contributed by atoms with Crippen molar-refractivity contribution in [1.29, 1.82) is 0 Å². The van der Waals surface area contributed by atoms with E-state index in [9.17, 15) is 9.59 Å². The summed E-state index contributed by atoms with van der Waals surface area (Å²) in [5.41, 5.74) is 1.64. The smallest absolute Gasteiger partial charge is 0.319 e. The number of pyridine rings is 1. The molecule has 31 heavy (non-hydrogen) atoms. The first-order chi connectivity index (χ1) is 15.0. The molecule has 1 aromatic heterocycles. The van der Waals surface area contributed by atoms with Crippen molar-refractivity contribution in [3.05, 3.63) is 42.1 Å². The summed E-state index contributed by atoms with van der Waals surface area (Å²) in [5, 5.41) is 5.78. The number of hydrogen-bond donors (Lipinski definition) is 2. The lowest BCUT2D eigenvalue weighted by Gasteiger charge is -2.32. The zero-order chi connectivity index (χ0) is 21.8. The van der Waals surface area contributed by atoms with Crippen molar-refractivity contribution in [2.45, 2.75) is 38.6 Å². The van der Waals surface area contributed by atoms with Gasteiger partial charge in [-0.15, -0.1) is 0 Å². The summed E-state index contributed by atoms with van der Waals surface area (Å²) in [4.78, 5) is 30.6. The van der Waals surface area contributed by atoms with Crippen LogP contribution in [0.2, 0.25) is 0 Å². The van der Waals surface area contributed by atoms with E-state index in [1.165, 1.54) is 0 Å². The van der Waals surface area contributed by atoms with Gasteiger partial charge in [-0.05, 0) is 56.4 Å². The van der Waals surface area contributed by atoms with E-state index in [0.717, 1.165) is 31.2 Å². The molecule has 2 N–H and O–H groups in total. The Morgan fingerprint density at radius 1 is 1.06 bits per heavy atom. The lowest BCUT2D eigenvalue weighted by molar-refractivity contribution is -0.133. The molecule has 2 aliphatic rings. The van der Waals surface area contributed by atoms with Gasteiger partial charge >= 0.3 is 6.03 Å². The summed E-state index contributed by atoms with van der Waals surface area (Å²) in [7, 11) is 1.59. The molecular formula is C23H28N4O4. The van der Waals surface area contributed by atoms with Crippen LogP contribution in [0, 0.1) is 12.8 Å². The van der Waals surface area contributed by atoms with Gasteiger partial charge in [-0.3, -0.25) is 4.79 Å². The Labute approximate surface area is 181 Å². The van der Waals surface area contributed by atoms with Crippen LogP contribution in [-0.4, -0.2) is 48.1 Å². The predicted octanol–water partition coefficient (Wildman–Crippen LogP) is 3.71. The van der Waals surface area contributed by atoms with Gasteiger partial charge in [-0.1, -0.05) is 6.07 Å². The molecule has 2 fully saturated rings. The summed E-state index contributed by atoms with van der Waals surface area (Å²) >= 11 is 0. The molecule has 1 aliphatic carbocycles. The molecule has 0 radical (unpaired) electrons. The maximum atomic E-state index is 12.3. The van der Waals surface area contributed by atoms with Crippen molar-refractivity contribution >= 4 is 17.6 Å². The monoisotopic (exact) mass is 424 g/mol. The second-order valence-electron chi connectivity index (χ2n) is 8.11. The van der Waals surface area contributed by atoms with Gasteiger partial charge in [0.2, 0.25) is 11.8 Å². The molecule has 0 spiro atoms. The Balaban J connectivity index is 1.25. The Morgan fingerprint density at radius 3 is 2.48 bits per heavy atom. The van der Waals surface area contributed by atoms with Crippen LogP contribution in [0.3, 0.4) is 0 Å². The minimum atomic E-state index is -0.275. The number of piperidine rings is 1. The molecule has 164 valence electrons. The van der Waals surface area contributed by atoms with Crippen LogP contribution in [-0.2, 0) is 4.79 Å². The highest BCUT2D eigenvalue weighted by molar-refractivity contribution is 5.89. The molecule has 8 nitrogen and oxygen atoms in total. The Kier molecular flexibility index (Phi) is 6.25. The largest absolute Gasteiger partial charge is 0.493 e. The summed E-state index contributed by atoms with van der Waals surface area (Å²) < 4.78 is 11.1. The molecule has 1 aliphatic heterocycles. The number of carbonyl (C=O) groups is 2. The molecule has 4 rings (SSSR count). The van der Waals surface area contributed by atoms with E-state index in [2.05, 4.69) is 15.6 Å². The first kappa shape index (κ1) is 21.0. The van der Waals surface area contributed by atoms with Crippen molar-refractivity contribution in [3.63, 3.8) is 0 Å². The zero-order valence-electron chi connectivity index (χ0n) is 17.9. The molecule has 3 amide bonds. The third kappa shape index (κ3) is 5.45. The topological polar surface area (TPSA) is 92.8 Å². The minimum Gasteiger partial charge on any atom is -0.493 e. The fraction of sp³-hybridized carbons (Fsp3) is 0.435. The van der Waals surface area contributed by atoms with Crippen LogP contribution in [0.15, 0.2) is 36.5 Å². The van der Waals surface area contributed by atoms with Crippen molar-refractivity contribution < 1.29 is 19.1 Å². The van der Waals surface area contributed by atoms with Crippen LogP contribution < -0.4 is 20.1 Å². The van der Waals surface area contributed by atoms with Crippen LogP contribution >= 0.6 is 0 Å². The first-order valence-corrected chi connectivity index (χ1v) is 10.7. The van der Waals surface area contributed by atoms with E-state index in [1.807, 2.05) is 30.0 Å². The number of rotatable bonds is 6. The van der Waals surface area contributed by atoms with Gasteiger partial charge in [-0.2, -0.15) is 0 Å². The summed E-state index contributed by atoms with van der Waals surface area (Å²) in [6.07, 6.45) is 5.14. The number of urea groups is 1. The van der Waals surface area contributed by atoms with Gasteiger partial charge in [0.1, 0.15) is 0 Å². The third-order valence-corrected chi connectivity index (χ3v) is 5.60. The highest BCUT2D eigenvalue weighted by Gasteiger charge is 2.35. The van der Waals surface area contributed by atoms with Crippen LogP contribution in [0.5, 0.6) is 17.4 Å². The molecule has 8 heteroatoms. The first-order valence-electron chi connectivity index (χ1n) is 10.7. The predicted molar refractivity (Wildman–Crippen MR) is 117 cm³/mol. The van der Waals surface area contributed by atoms with Gasteiger partial charge in [0.15, 0.2) is 11.5 Å². The van der Waals surface area contributed by atoms with Crippen molar-refractivity contribution in [3.8, 4) is 17.4 Å². The number of aryl methyl sites for hydroxylation is 1. The van der Waals surface area contributed by atoms with Gasteiger partial charge in [0.25, 0.3) is 0 Å². The number of carbonyl (C=O) groups excluding carboxylic acids is 2. The number of aromatic nitrogens is 1. The summed E-state index contributed by atoms with van der Waals surface area (Å²) in [6, 6.07) is 8.87. The number of nitrogens with zero attached hydrogens (tertiary/aromatic N) is 2. The van der Waals surface area contributed by atoms with Gasteiger partial charge < -0.3 is 25.0 Å². The average Bonchev–Trinajstić information content (AvgIpc) is 3.62. The standard InChI is InChI=1S/C23H28N4O4/c1-15-3-7-19(20(13-15)30-2)31-21-8-6-18(14-24-21)26-23(29)25-17-9-11-27(12-10-17)22(28)16-4-5-16/h3,6-8,13-14,16-17H,4-5,9-12H2,1-2H3,(H2,25,26,29). The molecule has 0 bridgehead atoms. The number of anilines is 1. The summed E-state index contributed by atoms with van der Waals surface area (Å²) in [5.74, 6) is 2.14. The second-order valence-corrected chi connectivity index (χ2v) is 8.11. The van der Waals surface area contributed by atoms with Gasteiger partial charge in [-0.25, -0.2) is 9.78 Å². The average molecular weight is 425 g/mol. The summed E-state index contributed by atoms with van der Waals surface area (Å²) in [6.45, 7) is 3.39. The lowest BCUT2D eigenvalue weighted by atomic mass is 10.0. The number of ether oxygens (including phenoxy) is 2. The third-order valence-electron chi connectivity index (χ3n) is 5.60. The van der Waals surface area contributed by atoms with Gasteiger partial charge in [0.05, 0.1) is 19.0 Å². The fourth-order valence-electron chi connectivity index (χ4n) is 3.67. The highest BCUT2D eigenvalue weighted by atomic mass is 16.5. The highest BCUT2D eigenvalue weighted by Crippen LogP contribution is 2.32. The number of hydrogen-bond acceptors (Lipinski definition) is 5. The second kappa shape index (κ2) is 9.24. The Morgan fingerprint density at radius 2 is 1.84 bits per heavy atom. The van der Waals surface area contributed by atoms with Gasteiger partial charge in [0, 0.05) is 31.1 Å². The number of amides is 3. The minimum absolute atomic E-state index is 0.0628.